The van der Waals surface area contributed by atoms with Crippen LogP contribution in [0.5, 0.6) is 11.5 Å². The Balaban J connectivity index is 2.03. The second-order valence-corrected chi connectivity index (χ2v) is 5.44. The lowest BCUT2D eigenvalue weighted by Gasteiger charge is -2.36. The Hall–Kier alpha value is -1.26. The van der Waals surface area contributed by atoms with Crippen LogP contribution in [0.2, 0.25) is 0 Å². The predicted molar refractivity (Wildman–Crippen MR) is 76.2 cm³/mol. The zero-order chi connectivity index (χ0) is 13.8. The summed E-state index contributed by atoms with van der Waals surface area (Å²) in [7, 11) is 0. The second kappa shape index (κ2) is 6.26. The summed E-state index contributed by atoms with van der Waals surface area (Å²) in [5.41, 5.74) is 6.24. The fraction of sp³-hybridized carbons (Fsp3) is 0.600. The van der Waals surface area contributed by atoms with E-state index in [1.807, 2.05) is 6.92 Å². The molecule has 19 heavy (non-hydrogen) atoms. The van der Waals surface area contributed by atoms with Crippen LogP contribution in [0.15, 0.2) is 18.2 Å². The van der Waals surface area contributed by atoms with Crippen LogP contribution in [0.4, 0.5) is 0 Å². The van der Waals surface area contributed by atoms with Crippen LogP contribution in [0.1, 0.15) is 37.8 Å². The summed E-state index contributed by atoms with van der Waals surface area (Å²) < 4.78 is 0. The Morgan fingerprint density at radius 1 is 1.26 bits per heavy atom. The van der Waals surface area contributed by atoms with Gasteiger partial charge >= 0.3 is 0 Å². The van der Waals surface area contributed by atoms with Crippen LogP contribution in [-0.2, 0) is 0 Å². The first kappa shape index (κ1) is 14.2. The number of likely N-dealkylation sites (tertiary alicyclic amines) is 1. The molecule has 0 aliphatic carbocycles. The molecule has 1 unspecified atom stereocenters. The molecular weight excluding hydrogens is 240 g/mol. The van der Waals surface area contributed by atoms with Gasteiger partial charge < -0.3 is 15.9 Å². The number of phenols is 2. The standard InChI is InChI=1S/C15H24N2O2/c1-11(15-13(18)3-2-4-14(15)19)17-9-6-12(5-8-16)7-10-17/h2-4,11-12,18-19H,5-10,16H2,1H3. The molecular formula is C15H24N2O2. The fourth-order valence-electron chi connectivity index (χ4n) is 3.02. The Bertz CT molecular complexity index is 394. The summed E-state index contributed by atoms with van der Waals surface area (Å²) >= 11 is 0. The highest BCUT2D eigenvalue weighted by Crippen LogP contribution is 2.37. The Kier molecular flexibility index (Phi) is 4.66. The van der Waals surface area contributed by atoms with Crippen molar-refractivity contribution >= 4 is 0 Å². The number of phenolic OH excluding ortho intramolecular Hbond substituents is 2. The molecule has 1 fully saturated rings. The van der Waals surface area contributed by atoms with E-state index >= 15 is 0 Å². The van der Waals surface area contributed by atoms with Crippen molar-refractivity contribution in [2.45, 2.75) is 32.2 Å². The minimum atomic E-state index is 0.0417. The average Bonchev–Trinajstić information content (AvgIpc) is 2.39. The van der Waals surface area contributed by atoms with E-state index in [4.69, 9.17) is 5.73 Å². The molecule has 1 heterocycles. The number of piperidine rings is 1. The highest BCUT2D eigenvalue weighted by Gasteiger charge is 2.26. The summed E-state index contributed by atoms with van der Waals surface area (Å²) in [6.07, 6.45) is 3.40. The molecule has 1 aliphatic heterocycles. The van der Waals surface area contributed by atoms with Crippen molar-refractivity contribution in [3.05, 3.63) is 23.8 Å². The lowest BCUT2D eigenvalue weighted by molar-refractivity contribution is 0.135. The average molecular weight is 264 g/mol. The third-order valence-electron chi connectivity index (χ3n) is 4.25. The number of aromatic hydroxyl groups is 2. The van der Waals surface area contributed by atoms with Gasteiger partial charge in [-0.3, -0.25) is 4.90 Å². The van der Waals surface area contributed by atoms with E-state index in [-0.39, 0.29) is 17.5 Å². The molecule has 1 aromatic rings. The molecule has 0 aromatic heterocycles. The fourth-order valence-corrected chi connectivity index (χ4v) is 3.02. The number of hydrogen-bond acceptors (Lipinski definition) is 4. The molecule has 4 nitrogen and oxygen atoms in total. The van der Waals surface area contributed by atoms with Gasteiger partial charge in [-0.15, -0.1) is 0 Å². The first-order chi connectivity index (χ1) is 9.13. The molecule has 1 aliphatic rings. The minimum Gasteiger partial charge on any atom is -0.507 e. The van der Waals surface area contributed by atoms with Gasteiger partial charge in [0.25, 0.3) is 0 Å². The number of rotatable bonds is 4. The van der Waals surface area contributed by atoms with Crippen LogP contribution in [0, 0.1) is 5.92 Å². The summed E-state index contributed by atoms with van der Waals surface area (Å²) in [5, 5.41) is 19.9. The van der Waals surface area contributed by atoms with Crippen LogP contribution in [-0.4, -0.2) is 34.7 Å². The zero-order valence-electron chi connectivity index (χ0n) is 11.5. The van der Waals surface area contributed by atoms with Crippen molar-refractivity contribution in [2.24, 2.45) is 11.7 Å². The zero-order valence-corrected chi connectivity index (χ0v) is 11.5. The summed E-state index contributed by atoms with van der Waals surface area (Å²) in [5.74, 6) is 1.08. The molecule has 1 saturated heterocycles. The van der Waals surface area contributed by atoms with Crippen molar-refractivity contribution in [1.29, 1.82) is 0 Å². The lowest BCUT2D eigenvalue weighted by Crippen LogP contribution is -2.36. The van der Waals surface area contributed by atoms with E-state index in [0.29, 0.717) is 5.56 Å². The Morgan fingerprint density at radius 3 is 2.37 bits per heavy atom. The molecule has 1 atom stereocenters. The molecule has 1 aromatic carbocycles. The summed E-state index contributed by atoms with van der Waals surface area (Å²) in [6.45, 7) is 4.80. The van der Waals surface area contributed by atoms with Crippen molar-refractivity contribution in [3.8, 4) is 11.5 Å². The predicted octanol–water partition coefficient (Wildman–Crippen LogP) is 2.22. The topological polar surface area (TPSA) is 69.7 Å². The highest BCUT2D eigenvalue weighted by atomic mass is 16.3. The van der Waals surface area contributed by atoms with Crippen molar-refractivity contribution in [2.75, 3.05) is 19.6 Å². The molecule has 106 valence electrons. The van der Waals surface area contributed by atoms with Gasteiger partial charge in [0, 0.05) is 6.04 Å². The number of benzene rings is 1. The van der Waals surface area contributed by atoms with Gasteiger partial charge in [-0.1, -0.05) is 6.07 Å². The van der Waals surface area contributed by atoms with Crippen LogP contribution in [0.3, 0.4) is 0 Å². The maximum Gasteiger partial charge on any atom is 0.124 e. The quantitative estimate of drug-likeness (QED) is 0.780. The van der Waals surface area contributed by atoms with Gasteiger partial charge in [-0.25, -0.2) is 0 Å². The number of nitrogens with two attached hydrogens (primary N) is 1. The Morgan fingerprint density at radius 2 is 1.84 bits per heavy atom. The minimum absolute atomic E-state index is 0.0417. The van der Waals surface area contributed by atoms with E-state index < -0.39 is 0 Å². The Labute approximate surface area is 114 Å². The normalized spacial score (nSPS) is 19.5. The van der Waals surface area contributed by atoms with Gasteiger partial charge in [0.2, 0.25) is 0 Å². The van der Waals surface area contributed by atoms with Crippen LogP contribution in [0.25, 0.3) is 0 Å². The van der Waals surface area contributed by atoms with Crippen LogP contribution >= 0.6 is 0 Å². The van der Waals surface area contributed by atoms with E-state index in [1.54, 1.807) is 18.2 Å². The van der Waals surface area contributed by atoms with Crippen molar-refractivity contribution in [3.63, 3.8) is 0 Å². The van der Waals surface area contributed by atoms with Gasteiger partial charge in [-0.05, 0) is 63.9 Å². The molecule has 4 heteroatoms. The third kappa shape index (κ3) is 3.19. The first-order valence-electron chi connectivity index (χ1n) is 7.08. The van der Waals surface area contributed by atoms with Crippen molar-refractivity contribution < 1.29 is 10.2 Å². The SMILES string of the molecule is CC(c1c(O)cccc1O)N1CCC(CCN)CC1. The molecule has 0 bridgehead atoms. The maximum atomic E-state index is 9.93. The second-order valence-electron chi connectivity index (χ2n) is 5.44. The van der Waals surface area contributed by atoms with Gasteiger partial charge in [0.15, 0.2) is 0 Å². The number of nitrogens with zero attached hydrogens (tertiary/aromatic N) is 1. The third-order valence-corrected chi connectivity index (χ3v) is 4.25. The molecule has 4 N–H and O–H groups in total. The van der Waals surface area contributed by atoms with E-state index in [0.717, 1.165) is 44.8 Å². The van der Waals surface area contributed by atoms with Gasteiger partial charge in [-0.2, -0.15) is 0 Å². The lowest BCUT2D eigenvalue weighted by atomic mass is 9.92. The van der Waals surface area contributed by atoms with Crippen molar-refractivity contribution in [1.82, 2.24) is 4.90 Å². The van der Waals surface area contributed by atoms with E-state index in [2.05, 4.69) is 4.90 Å². The molecule has 0 amide bonds. The molecule has 0 saturated carbocycles. The summed E-state index contributed by atoms with van der Waals surface area (Å²) in [6, 6.07) is 4.97. The first-order valence-corrected chi connectivity index (χ1v) is 7.08. The van der Waals surface area contributed by atoms with Gasteiger partial charge in [0.05, 0.1) is 5.56 Å². The maximum absolute atomic E-state index is 9.93. The highest BCUT2D eigenvalue weighted by molar-refractivity contribution is 5.45. The number of hydrogen-bond donors (Lipinski definition) is 3. The molecule has 2 rings (SSSR count). The smallest absolute Gasteiger partial charge is 0.124 e. The van der Waals surface area contributed by atoms with Crippen LogP contribution < -0.4 is 5.73 Å². The van der Waals surface area contributed by atoms with E-state index in [9.17, 15) is 10.2 Å². The van der Waals surface area contributed by atoms with Gasteiger partial charge in [0.1, 0.15) is 11.5 Å². The molecule has 0 radical (unpaired) electrons. The van der Waals surface area contributed by atoms with E-state index in [1.165, 1.54) is 0 Å². The summed E-state index contributed by atoms with van der Waals surface area (Å²) in [4.78, 5) is 2.32. The largest absolute Gasteiger partial charge is 0.507 e. The monoisotopic (exact) mass is 264 g/mol. The molecule has 0 spiro atoms.